The molecule has 0 fully saturated rings. The van der Waals surface area contributed by atoms with E-state index < -0.39 is 35.3 Å². The number of fused-ring (bicyclic) bond motifs is 3. The normalized spacial score (nSPS) is 15.0. The summed E-state index contributed by atoms with van der Waals surface area (Å²) >= 11 is 0. The van der Waals surface area contributed by atoms with E-state index in [2.05, 4.69) is 27.4 Å². The van der Waals surface area contributed by atoms with Crippen LogP contribution in [-0.4, -0.2) is 61.6 Å². The number of benzene rings is 2. The van der Waals surface area contributed by atoms with Gasteiger partial charge in [0, 0.05) is 24.7 Å². The number of aliphatic imine (C=N–C) groups is 2. The predicted molar refractivity (Wildman–Crippen MR) is 143 cm³/mol. The Balaban J connectivity index is 1.53. The van der Waals surface area contributed by atoms with E-state index in [0.717, 1.165) is 22.3 Å². The van der Waals surface area contributed by atoms with Gasteiger partial charge in [-0.1, -0.05) is 69.3 Å². The van der Waals surface area contributed by atoms with Crippen molar-refractivity contribution in [2.45, 2.75) is 64.7 Å². The fourth-order valence-electron chi connectivity index (χ4n) is 4.00. The first-order valence-corrected chi connectivity index (χ1v) is 12.7. The Labute approximate surface area is 224 Å². The zero-order valence-corrected chi connectivity index (χ0v) is 22.9. The molecule has 2 aromatic carbocycles. The summed E-state index contributed by atoms with van der Waals surface area (Å²) in [6, 6.07) is 15.1. The van der Waals surface area contributed by atoms with E-state index in [1.54, 1.807) is 20.8 Å². The molecule has 1 aliphatic rings. The molecular weight excluding hydrogens is 486 g/mol. The van der Waals surface area contributed by atoms with Gasteiger partial charge in [-0.3, -0.25) is 14.8 Å². The van der Waals surface area contributed by atoms with Crippen LogP contribution in [0.5, 0.6) is 0 Å². The molecule has 0 saturated carbocycles. The number of rotatable bonds is 9. The van der Waals surface area contributed by atoms with Crippen LogP contribution in [0.4, 0.5) is 0 Å². The van der Waals surface area contributed by atoms with Crippen LogP contribution in [0.1, 0.15) is 58.6 Å². The molecule has 1 aliphatic carbocycles. The maximum atomic E-state index is 12.7. The van der Waals surface area contributed by atoms with Crippen LogP contribution >= 0.6 is 0 Å². The third-order valence-electron chi connectivity index (χ3n) is 5.62. The Hall–Kier alpha value is -3.59. The standard InChI is InChI=1S/C29H39N3O6/c1-28(2,3)37-18-24(32-27(35)38-29(4,5)6)25(33)30-15-16-31-26(34)36-17-23-21-13-9-7-11-19(21)20-12-8-10-14-22(20)23/h7-14,23-24H,15-18H2,1-6H3,(H,30,33)(H,31,34)(H,32,35)/p-2/t24-/m0/s1. The minimum atomic E-state index is -1.10. The van der Waals surface area contributed by atoms with Crippen molar-refractivity contribution in [1.29, 1.82) is 0 Å². The van der Waals surface area contributed by atoms with Gasteiger partial charge < -0.3 is 29.7 Å². The highest BCUT2D eigenvalue weighted by atomic mass is 16.6. The quantitative estimate of drug-likeness (QED) is 0.305. The number of nitrogens with zero attached hydrogens (tertiary/aromatic N) is 2. The molecule has 206 valence electrons. The van der Waals surface area contributed by atoms with Gasteiger partial charge >= 0.3 is 0 Å². The maximum Gasteiger partial charge on any atom is 0.247 e. The summed E-state index contributed by atoms with van der Waals surface area (Å²) in [6.07, 6.45) is -1.55. The Morgan fingerprint density at radius 1 is 0.921 bits per heavy atom. The number of nitrogens with one attached hydrogen (secondary N) is 1. The molecule has 1 amide bonds. The SMILES string of the molecule is CC(C)(C)OC[C@H](N=C([O-])OC(C)(C)C)C(=O)NCCN=C([O-])OCC1c2ccccc2-c2ccccc21. The summed E-state index contributed by atoms with van der Waals surface area (Å²) in [4.78, 5) is 20.5. The van der Waals surface area contributed by atoms with E-state index in [9.17, 15) is 15.0 Å². The number of carbonyl (C=O) groups excluding carboxylic acids is 1. The van der Waals surface area contributed by atoms with Crippen LogP contribution in [0, 0.1) is 0 Å². The van der Waals surface area contributed by atoms with E-state index in [1.165, 1.54) is 0 Å². The highest BCUT2D eigenvalue weighted by molar-refractivity contribution is 5.84. The van der Waals surface area contributed by atoms with E-state index >= 15 is 0 Å². The molecule has 0 bridgehead atoms. The predicted octanol–water partition coefficient (Wildman–Crippen LogP) is 2.36. The van der Waals surface area contributed by atoms with E-state index in [4.69, 9.17) is 14.2 Å². The summed E-state index contributed by atoms with van der Waals surface area (Å²) in [7, 11) is 0. The second-order valence-corrected chi connectivity index (χ2v) is 11.0. The van der Waals surface area contributed by atoms with Crippen LogP contribution in [0.3, 0.4) is 0 Å². The second kappa shape index (κ2) is 12.3. The Kier molecular flexibility index (Phi) is 9.38. The van der Waals surface area contributed by atoms with Crippen molar-refractivity contribution < 1.29 is 29.2 Å². The number of hydrogen-bond donors (Lipinski definition) is 1. The molecule has 0 spiro atoms. The summed E-state index contributed by atoms with van der Waals surface area (Å²) in [5.74, 6) is -0.581. The van der Waals surface area contributed by atoms with Gasteiger partial charge in [0.05, 0.1) is 18.8 Å². The summed E-state index contributed by atoms with van der Waals surface area (Å²) in [6.45, 7) is 10.8. The Bertz CT molecular complexity index is 1120. The third kappa shape index (κ3) is 8.48. The maximum absolute atomic E-state index is 12.7. The summed E-state index contributed by atoms with van der Waals surface area (Å²) in [5.41, 5.74) is 3.25. The molecule has 3 rings (SSSR count). The van der Waals surface area contributed by atoms with Gasteiger partial charge in [-0.05, 0) is 43.0 Å². The fourth-order valence-corrected chi connectivity index (χ4v) is 4.00. The Morgan fingerprint density at radius 2 is 1.50 bits per heavy atom. The molecular formula is C29H37N3O6-2. The zero-order valence-electron chi connectivity index (χ0n) is 22.9. The van der Waals surface area contributed by atoms with Crippen molar-refractivity contribution in [2.75, 3.05) is 26.3 Å². The van der Waals surface area contributed by atoms with Crippen molar-refractivity contribution in [2.24, 2.45) is 9.98 Å². The molecule has 0 radical (unpaired) electrons. The van der Waals surface area contributed by atoms with Gasteiger partial charge in [0.25, 0.3) is 0 Å². The van der Waals surface area contributed by atoms with Gasteiger partial charge in [0.1, 0.15) is 12.2 Å². The topological polar surface area (TPSA) is 128 Å². The first-order valence-electron chi connectivity index (χ1n) is 12.7. The Morgan fingerprint density at radius 3 is 2.05 bits per heavy atom. The molecule has 0 aliphatic heterocycles. The largest absolute Gasteiger partial charge is 0.599 e. The molecule has 0 heterocycles. The van der Waals surface area contributed by atoms with Crippen LogP contribution in [0.2, 0.25) is 0 Å². The summed E-state index contributed by atoms with van der Waals surface area (Å²) in [5, 5.41) is 27.1. The van der Waals surface area contributed by atoms with Crippen LogP contribution in [0.15, 0.2) is 58.5 Å². The number of amides is 1. The molecule has 9 nitrogen and oxygen atoms in total. The van der Waals surface area contributed by atoms with Crippen LogP contribution in [-0.2, 0) is 19.0 Å². The average Bonchev–Trinajstić information content (AvgIpc) is 3.15. The lowest BCUT2D eigenvalue weighted by molar-refractivity contribution is -0.261. The lowest BCUT2D eigenvalue weighted by atomic mass is 9.98. The lowest BCUT2D eigenvalue weighted by Crippen LogP contribution is -2.42. The second-order valence-electron chi connectivity index (χ2n) is 11.0. The van der Waals surface area contributed by atoms with Crippen molar-refractivity contribution in [1.82, 2.24) is 5.32 Å². The monoisotopic (exact) mass is 523 g/mol. The molecule has 38 heavy (non-hydrogen) atoms. The third-order valence-corrected chi connectivity index (χ3v) is 5.62. The van der Waals surface area contributed by atoms with Crippen LogP contribution < -0.4 is 15.5 Å². The van der Waals surface area contributed by atoms with Gasteiger partial charge in [-0.15, -0.1) is 0 Å². The molecule has 1 atom stereocenters. The van der Waals surface area contributed by atoms with E-state index in [0.29, 0.717) is 0 Å². The first-order chi connectivity index (χ1) is 17.8. The van der Waals surface area contributed by atoms with Crippen molar-refractivity contribution >= 4 is 18.1 Å². The van der Waals surface area contributed by atoms with Crippen molar-refractivity contribution in [3.05, 3.63) is 59.7 Å². The van der Waals surface area contributed by atoms with Gasteiger partial charge in [0.2, 0.25) is 5.91 Å². The molecule has 0 unspecified atom stereocenters. The fraction of sp³-hybridized carbons (Fsp3) is 0.483. The minimum Gasteiger partial charge on any atom is -0.599 e. The van der Waals surface area contributed by atoms with E-state index in [1.807, 2.05) is 57.2 Å². The van der Waals surface area contributed by atoms with Crippen molar-refractivity contribution in [3.63, 3.8) is 0 Å². The van der Waals surface area contributed by atoms with Gasteiger partial charge in [0.15, 0.2) is 6.04 Å². The first kappa shape index (κ1) is 29.0. The van der Waals surface area contributed by atoms with Crippen molar-refractivity contribution in [3.8, 4) is 11.1 Å². The molecule has 2 aromatic rings. The highest BCUT2D eigenvalue weighted by Gasteiger charge is 2.27. The zero-order chi connectivity index (χ0) is 27.9. The smallest absolute Gasteiger partial charge is 0.247 e. The lowest BCUT2D eigenvalue weighted by Gasteiger charge is -2.30. The minimum absolute atomic E-state index is 0.0156. The highest BCUT2D eigenvalue weighted by Crippen LogP contribution is 2.44. The number of hydrogen-bond acceptors (Lipinski definition) is 8. The number of carbonyl (C=O) groups is 1. The average molecular weight is 524 g/mol. The molecule has 1 N–H and O–H groups in total. The molecule has 0 aromatic heterocycles. The van der Waals surface area contributed by atoms with E-state index in [-0.39, 0.29) is 32.2 Å². The van der Waals surface area contributed by atoms with Crippen LogP contribution in [0.25, 0.3) is 11.1 Å². The number of ether oxygens (including phenoxy) is 3. The van der Waals surface area contributed by atoms with Gasteiger partial charge in [-0.2, -0.15) is 0 Å². The summed E-state index contributed by atoms with van der Waals surface area (Å²) < 4.78 is 16.3. The molecule has 0 saturated heterocycles. The van der Waals surface area contributed by atoms with Gasteiger partial charge in [-0.25, -0.2) is 0 Å². The molecule has 9 heteroatoms.